The van der Waals surface area contributed by atoms with Gasteiger partial charge in [-0.15, -0.1) is 0 Å². The Balaban J connectivity index is 1.83. The molecule has 0 spiro atoms. The molecular formula is C21H16F2N4O. The van der Waals surface area contributed by atoms with E-state index in [0.717, 1.165) is 6.07 Å². The molecule has 0 aliphatic carbocycles. The fourth-order valence-electron chi connectivity index (χ4n) is 2.46. The van der Waals surface area contributed by atoms with E-state index >= 15 is 0 Å². The fraction of sp³-hybridized carbons (Fsp3) is 0. The molecule has 1 amide bonds. The van der Waals surface area contributed by atoms with Crippen molar-refractivity contribution in [3.63, 3.8) is 0 Å². The van der Waals surface area contributed by atoms with Gasteiger partial charge in [-0.1, -0.05) is 18.2 Å². The van der Waals surface area contributed by atoms with Crippen LogP contribution < -0.4 is 11.1 Å². The molecule has 0 saturated heterocycles. The summed E-state index contributed by atoms with van der Waals surface area (Å²) in [6.45, 7) is 0. The van der Waals surface area contributed by atoms with Crippen molar-refractivity contribution in [3.8, 4) is 0 Å². The van der Waals surface area contributed by atoms with Crippen molar-refractivity contribution in [2.75, 3.05) is 11.1 Å². The normalized spacial score (nSPS) is 10.8. The Morgan fingerprint density at radius 1 is 1.07 bits per heavy atom. The minimum absolute atomic E-state index is 0.0150. The van der Waals surface area contributed by atoms with E-state index in [1.807, 2.05) is 0 Å². The second-order valence-corrected chi connectivity index (χ2v) is 5.91. The molecule has 1 heterocycles. The molecule has 3 rings (SSSR count). The summed E-state index contributed by atoms with van der Waals surface area (Å²) in [4.78, 5) is 16.1. The Morgan fingerprint density at radius 2 is 1.75 bits per heavy atom. The molecule has 3 aromatic rings. The molecule has 0 aliphatic rings. The van der Waals surface area contributed by atoms with Gasteiger partial charge in [0.1, 0.15) is 11.6 Å². The number of benzene rings is 2. The van der Waals surface area contributed by atoms with E-state index in [0.29, 0.717) is 11.1 Å². The number of amides is 1. The Labute approximate surface area is 160 Å². The number of aromatic nitrogens is 1. The topological polar surface area (TPSA) is 91.9 Å². The average Bonchev–Trinajstić information content (AvgIpc) is 2.70. The predicted molar refractivity (Wildman–Crippen MR) is 105 cm³/mol. The summed E-state index contributed by atoms with van der Waals surface area (Å²) in [6.07, 6.45) is 5.98. The number of carbonyl (C=O) groups is 1. The predicted octanol–water partition coefficient (Wildman–Crippen LogP) is 4.28. The van der Waals surface area contributed by atoms with Crippen LogP contribution in [0.15, 0.2) is 67.0 Å². The number of nitrogens with one attached hydrogen (secondary N) is 2. The highest BCUT2D eigenvalue weighted by molar-refractivity contribution is 6.13. The molecular weight excluding hydrogens is 362 g/mol. The van der Waals surface area contributed by atoms with Crippen molar-refractivity contribution in [2.24, 2.45) is 0 Å². The van der Waals surface area contributed by atoms with Gasteiger partial charge in [0.2, 0.25) is 0 Å². The van der Waals surface area contributed by atoms with Crippen molar-refractivity contribution in [1.82, 2.24) is 4.98 Å². The number of hydrogen-bond acceptors (Lipinski definition) is 4. The minimum atomic E-state index is -0.709. The molecule has 0 bridgehead atoms. The maximum atomic E-state index is 14.2. The zero-order valence-electron chi connectivity index (χ0n) is 14.6. The van der Waals surface area contributed by atoms with Crippen molar-refractivity contribution in [1.29, 1.82) is 5.41 Å². The van der Waals surface area contributed by atoms with E-state index < -0.39 is 11.7 Å². The van der Waals surface area contributed by atoms with E-state index in [1.54, 1.807) is 18.2 Å². The van der Waals surface area contributed by atoms with Crippen molar-refractivity contribution >= 4 is 29.1 Å². The summed E-state index contributed by atoms with van der Waals surface area (Å²) in [5.74, 6) is -1.58. The summed E-state index contributed by atoms with van der Waals surface area (Å²) >= 11 is 0. The van der Waals surface area contributed by atoms with Gasteiger partial charge >= 0.3 is 0 Å². The van der Waals surface area contributed by atoms with Crippen molar-refractivity contribution in [3.05, 3.63) is 95.3 Å². The van der Waals surface area contributed by atoms with Gasteiger partial charge in [-0.3, -0.25) is 9.78 Å². The van der Waals surface area contributed by atoms with E-state index in [1.165, 1.54) is 48.8 Å². The summed E-state index contributed by atoms with van der Waals surface area (Å²) in [7, 11) is 0. The van der Waals surface area contributed by atoms with Crippen LogP contribution in [-0.4, -0.2) is 16.6 Å². The number of halogens is 2. The lowest BCUT2D eigenvalue weighted by atomic mass is 10.0. The maximum absolute atomic E-state index is 14.2. The highest BCUT2D eigenvalue weighted by atomic mass is 19.1. The smallest absolute Gasteiger partial charge is 0.255 e. The van der Waals surface area contributed by atoms with E-state index in [9.17, 15) is 13.6 Å². The zero-order valence-corrected chi connectivity index (χ0v) is 14.6. The average molecular weight is 378 g/mol. The largest absolute Gasteiger partial charge is 0.398 e. The van der Waals surface area contributed by atoms with Gasteiger partial charge in [-0.25, -0.2) is 8.78 Å². The van der Waals surface area contributed by atoms with Crippen LogP contribution in [-0.2, 0) is 0 Å². The Bertz CT molecular complexity index is 1050. The fourth-order valence-corrected chi connectivity index (χ4v) is 2.46. The van der Waals surface area contributed by atoms with Crippen LogP contribution in [0.1, 0.15) is 21.5 Å². The Morgan fingerprint density at radius 3 is 2.43 bits per heavy atom. The first-order chi connectivity index (χ1) is 13.4. The van der Waals surface area contributed by atoms with Gasteiger partial charge < -0.3 is 16.5 Å². The highest BCUT2D eigenvalue weighted by Crippen LogP contribution is 2.24. The van der Waals surface area contributed by atoms with Crippen LogP contribution in [0.3, 0.4) is 0 Å². The number of nitrogens with two attached hydrogens (primary N) is 1. The lowest BCUT2D eigenvalue weighted by molar-refractivity contribution is 0.102. The number of rotatable bonds is 5. The van der Waals surface area contributed by atoms with Gasteiger partial charge in [-0.2, -0.15) is 0 Å². The second kappa shape index (κ2) is 8.22. The summed E-state index contributed by atoms with van der Waals surface area (Å²) in [5, 5.41) is 10.7. The van der Waals surface area contributed by atoms with E-state index in [-0.39, 0.29) is 28.5 Å². The first kappa shape index (κ1) is 18.9. The number of allylic oxidation sites excluding steroid dienone is 1. The first-order valence-electron chi connectivity index (χ1n) is 8.27. The van der Waals surface area contributed by atoms with Crippen LogP contribution >= 0.6 is 0 Å². The standard InChI is InChI=1S/C21H16F2N4O/c22-15-4-1-13(2-5-15)3-6-18(24)16-11-20(17(23)12-19(16)25)27-21(28)14-7-9-26-10-8-14/h1-12,24H,25H2,(H,27,28)/b6-3+,24-18?. The van der Waals surface area contributed by atoms with Crippen LogP contribution in [0.5, 0.6) is 0 Å². The third kappa shape index (κ3) is 4.45. The minimum Gasteiger partial charge on any atom is -0.398 e. The molecule has 140 valence electrons. The highest BCUT2D eigenvalue weighted by Gasteiger charge is 2.14. The molecule has 7 heteroatoms. The van der Waals surface area contributed by atoms with Gasteiger partial charge in [0, 0.05) is 29.2 Å². The third-order valence-corrected chi connectivity index (χ3v) is 3.93. The van der Waals surface area contributed by atoms with E-state index in [4.69, 9.17) is 11.1 Å². The quantitative estimate of drug-likeness (QED) is 0.457. The number of anilines is 2. The van der Waals surface area contributed by atoms with Gasteiger partial charge in [0.05, 0.1) is 11.4 Å². The monoisotopic (exact) mass is 378 g/mol. The molecule has 0 aliphatic heterocycles. The molecule has 28 heavy (non-hydrogen) atoms. The zero-order chi connectivity index (χ0) is 20.1. The molecule has 0 unspecified atom stereocenters. The van der Waals surface area contributed by atoms with Crippen molar-refractivity contribution < 1.29 is 13.6 Å². The molecule has 5 nitrogen and oxygen atoms in total. The van der Waals surface area contributed by atoms with Crippen LogP contribution in [0.2, 0.25) is 0 Å². The molecule has 4 N–H and O–H groups in total. The molecule has 0 saturated carbocycles. The molecule has 0 atom stereocenters. The lowest BCUT2D eigenvalue weighted by Gasteiger charge is -2.11. The Hall–Kier alpha value is -3.87. The molecule has 2 aromatic carbocycles. The SMILES string of the molecule is N=C(/C=C/c1ccc(F)cc1)c1cc(NC(=O)c2ccncc2)c(F)cc1N. The number of pyridine rings is 1. The number of nitrogen functional groups attached to an aromatic ring is 1. The first-order valence-corrected chi connectivity index (χ1v) is 8.27. The summed E-state index contributed by atoms with van der Waals surface area (Å²) in [5.41, 5.74) is 7.09. The van der Waals surface area contributed by atoms with Crippen LogP contribution in [0.4, 0.5) is 20.2 Å². The van der Waals surface area contributed by atoms with Gasteiger partial charge in [0.15, 0.2) is 0 Å². The maximum Gasteiger partial charge on any atom is 0.255 e. The lowest BCUT2D eigenvalue weighted by Crippen LogP contribution is -2.14. The number of hydrogen-bond donors (Lipinski definition) is 3. The Kier molecular flexibility index (Phi) is 5.55. The molecule has 0 radical (unpaired) electrons. The number of carbonyl (C=O) groups excluding carboxylic acids is 1. The summed E-state index contributed by atoms with van der Waals surface area (Å²) < 4.78 is 27.2. The van der Waals surface area contributed by atoms with Gasteiger partial charge in [-0.05, 0) is 48.0 Å². The molecule has 1 aromatic heterocycles. The second-order valence-electron chi connectivity index (χ2n) is 5.91. The van der Waals surface area contributed by atoms with Crippen LogP contribution in [0, 0.1) is 17.0 Å². The third-order valence-electron chi connectivity index (χ3n) is 3.93. The molecule has 0 fully saturated rings. The number of nitrogens with zero attached hydrogens (tertiary/aromatic N) is 1. The van der Waals surface area contributed by atoms with E-state index in [2.05, 4.69) is 10.3 Å². The van der Waals surface area contributed by atoms with Crippen LogP contribution in [0.25, 0.3) is 6.08 Å². The van der Waals surface area contributed by atoms with Crippen molar-refractivity contribution in [2.45, 2.75) is 0 Å². The van der Waals surface area contributed by atoms with Gasteiger partial charge in [0.25, 0.3) is 5.91 Å². The summed E-state index contributed by atoms with van der Waals surface area (Å²) in [6, 6.07) is 11.1.